The summed E-state index contributed by atoms with van der Waals surface area (Å²) in [5.74, 6) is -0.136. The number of aromatic amines is 1. The van der Waals surface area contributed by atoms with E-state index >= 15 is 0 Å². The summed E-state index contributed by atoms with van der Waals surface area (Å²) < 4.78 is 19.8. The van der Waals surface area contributed by atoms with E-state index in [0.717, 1.165) is 0 Å². The van der Waals surface area contributed by atoms with Gasteiger partial charge in [0.15, 0.2) is 0 Å². The van der Waals surface area contributed by atoms with Crippen molar-refractivity contribution < 1.29 is 9.13 Å². The Morgan fingerprint density at radius 2 is 1.96 bits per heavy atom. The molecule has 2 aromatic carbocycles. The van der Waals surface area contributed by atoms with Crippen LogP contribution in [0.2, 0.25) is 10.0 Å². The zero-order chi connectivity index (χ0) is 19.6. The highest BCUT2D eigenvalue weighted by Gasteiger charge is 2.16. The summed E-state index contributed by atoms with van der Waals surface area (Å²) in [6.45, 7) is 1.58. The molecule has 4 nitrogen and oxygen atoms in total. The van der Waals surface area contributed by atoms with Gasteiger partial charge in [0, 0.05) is 27.4 Å². The van der Waals surface area contributed by atoms with Gasteiger partial charge in [0.2, 0.25) is 0 Å². The van der Waals surface area contributed by atoms with Gasteiger partial charge in [0.05, 0.1) is 5.02 Å². The normalized spacial score (nSPS) is 10.5. The van der Waals surface area contributed by atoms with Crippen LogP contribution in [0.4, 0.5) is 4.39 Å². The molecule has 7 heteroatoms. The van der Waals surface area contributed by atoms with Crippen molar-refractivity contribution in [2.24, 2.45) is 0 Å². The monoisotopic (exact) mass is 402 g/mol. The summed E-state index contributed by atoms with van der Waals surface area (Å²) in [4.78, 5) is 14.7. The molecular weight excluding hydrogens is 390 g/mol. The zero-order valence-corrected chi connectivity index (χ0v) is 15.7. The largest absolute Gasteiger partial charge is 0.488 e. The second-order valence-electron chi connectivity index (χ2n) is 5.81. The molecule has 1 N–H and O–H groups in total. The molecule has 136 valence electrons. The summed E-state index contributed by atoms with van der Waals surface area (Å²) in [5.41, 5.74) is 1.07. The summed E-state index contributed by atoms with van der Waals surface area (Å²) in [6, 6.07) is 12.7. The second-order valence-corrected chi connectivity index (χ2v) is 6.65. The van der Waals surface area contributed by atoms with Crippen molar-refractivity contribution >= 4 is 23.2 Å². The molecule has 0 saturated carbocycles. The highest BCUT2D eigenvalue weighted by Crippen LogP contribution is 2.35. The van der Waals surface area contributed by atoms with E-state index in [0.29, 0.717) is 27.6 Å². The Kier molecular flexibility index (Phi) is 5.50. The van der Waals surface area contributed by atoms with Gasteiger partial charge in [-0.3, -0.25) is 4.79 Å². The highest BCUT2D eigenvalue weighted by molar-refractivity contribution is 6.31. The first kappa shape index (κ1) is 19.0. The summed E-state index contributed by atoms with van der Waals surface area (Å²) in [5, 5.41) is 10.0. The van der Waals surface area contributed by atoms with Crippen LogP contribution >= 0.6 is 23.2 Å². The van der Waals surface area contributed by atoms with Crippen molar-refractivity contribution in [1.82, 2.24) is 4.98 Å². The number of nitrogens with zero attached hydrogens (tertiary/aromatic N) is 1. The van der Waals surface area contributed by atoms with Crippen LogP contribution in [0.15, 0.2) is 47.3 Å². The van der Waals surface area contributed by atoms with Crippen LogP contribution in [-0.4, -0.2) is 4.98 Å². The Bertz CT molecular complexity index is 1100. The molecule has 0 atom stereocenters. The molecule has 0 amide bonds. The van der Waals surface area contributed by atoms with E-state index in [-0.39, 0.29) is 22.8 Å². The number of aryl methyl sites for hydroxylation is 1. The van der Waals surface area contributed by atoms with E-state index in [1.807, 2.05) is 6.07 Å². The summed E-state index contributed by atoms with van der Waals surface area (Å²) in [6.07, 6.45) is 0. The van der Waals surface area contributed by atoms with Crippen LogP contribution in [0.1, 0.15) is 16.8 Å². The predicted molar refractivity (Wildman–Crippen MR) is 103 cm³/mol. The van der Waals surface area contributed by atoms with E-state index in [2.05, 4.69) is 4.98 Å². The maximum atomic E-state index is 14.0. The lowest BCUT2D eigenvalue weighted by atomic mass is 10.00. The van der Waals surface area contributed by atoms with Crippen LogP contribution < -0.4 is 10.3 Å². The minimum Gasteiger partial charge on any atom is -0.488 e. The maximum Gasteiger partial charge on any atom is 0.266 e. The molecule has 0 aliphatic heterocycles. The molecular formula is C20H13Cl2FN2O2. The zero-order valence-electron chi connectivity index (χ0n) is 14.1. The van der Waals surface area contributed by atoms with Gasteiger partial charge < -0.3 is 9.72 Å². The molecule has 0 aliphatic carbocycles. The Balaban J connectivity index is 2.08. The van der Waals surface area contributed by atoms with Crippen molar-refractivity contribution in [2.75, 3.05) is 0 Å². The van der Waals surface area contributed by atoms with Crippen molar-refractivity contribution in [1.29, 1.82) is 5.26 Å². The van der Waals surface area contributed by atoms with Crippen LogP contribution in [0, 0.1) is 24.1 Å². The molecule has 0 saturated heterocycles. The number of pyridine rings is 1. The number of nitriles is 1. The molecule has 3 aromatic rings. The number of H-pyrrole nitrogens is 1. The van der Waals surface area contributed by atoms with Gasteiger partial charge in [0.25, 0.3) is 5.56 Å². The van der Waals surface area contributed by atoms with Crippen molar-refractivity contribution in [3.8, 4) is 22.9 Å². The standard InChI is InChI=1S/C20H13Cl2FN2O2/c1-11-7-13(15(9-24)20(26)25-11)14-8-12(21)5-6-19(14)27-10-16-17(22)3-2-4-18(16)23/h2-8H,10H2,1H3,(H,25,26). The third kappa shape index (κ3) is 3.97. The number of halogens is 3. The molecule has 0 bridgehead atoms. The number of rotatable bonds is 4. The van der Waals surface area contributed by atoms with E-state index in [1.165, 1.54) is 12.1 Å². The van der Waals surface area contributed by atoms with Crippen molar-refractivity contribution in [3.05, 3.63) is 85.5 Å². The highest BCUT2D eigenvalue weighted by atomic mass is 35.5. The lowest BCUT2D eigenvalue weighted by Gasteiger charge is -2.14. The first-order chi connectivity index (χ1) is 12.9. The van der Waals surface area contributed by atoms with Crippen LogP contribution in [0.25, 0.3) is 11.1 Å². The number of hydrogen-bond acceptors (Lipinski definition) is 3. The van der Waals surface area contributed by atoms with Crippen LogP contribution in [-0.2, 0) is 6.61 Å². The lowest BCUT2D eigenvalue weighted by molar-refractivity contribution is 0.301. The van der Waals surface area contributed by atoms with E-state index in [1.54, 1.807) is 37.3 Å². The first-order valence-electron chi connectivity index (χ1n) is 7.90. The van der Waals surface area contributed by atoms with Crippen LogP contribution in [0.5, 0.6) is 5.75 Å². The Morgan fingerprint density at radius 3 is 2.67 bits per heavy atom. The fraction of sp³-hybridized carbons (Fsp3) is 0.100. The summed E-state index contributed by atoms with van der Waals surface area (Å²) >= 11 is 12.1. The van der Waals surface area contributed by atoms with E-state index < -0.39 is 11.4 Å². The van der Waals surface area contributed by atoms with Crippen LogP contribution in [0.3, 0.4) is 0 Å². The fourth-order valence-corrected chi connectivity index (χ4v) is 3.06. The van der Waals surface area contributed by atoms with Crippen molar-refractivity contribution in [2.45, 2.75) is 13.5 Å². The second kappa shape index (κ2) is 7.83. The molecule has 0 spiro atoms. The number of hydrogen-bond donors (Lipinski definition) is 1. The minimum absolute atomic E-state index is 0.0587. The molecule has 0 aliphatic rings. The predicted octanol–water partition coefficient (Wildman–Crippen LogP) is 5.25. The molecule has 0 radical (unpaired) electrons. The van der Waals surface area contributed by atoms with Gasteiger partial charge in [-0.2, -0.15) is 5.26 Å². The molecule has 1 heterocycles. The maximum absolute atomic E-state index is 14.0. The molecule has 3 rings (SSSR count). The van der Waals surface area contributed by atoms with Gasteiger partial charge in [0.1, 0.15) is 29.8 Å². The average Bonchev–Trinajstić information content (AvgIpc) is 2.61. The van der Waals surface area contributed by atoms with Gasteiger partial charge >= 0.3 is 0 Å². The number of aromatic nitrogens is 1. The Hall–Kier alpha value is -2.81. The topological polar surface area (TPSA) is 65.9 Å². The minimum atomic E-state index is -0.504. The van der Waals surface area contributed by atoms with E-state index in [4.69, 9.17) is 27.9 Å². The van der Waals surface area contributed by atoms with Gasteiger partial charge in [-0.05, 0) is 43.3 Å². The van der Waals surface area contributed by atoms with Crippen molar-refractivity contribution in [3.63, 3.8) is 0 Å². The number of ether oxygens (including phenoxy) is 1. The summed E-state index contributed by atoms with van der Waals surface area (Å²) in [7, 11) is 0. The van der Waals surface area contributed by atoms with Gasteiger partial charge in [-0.1, -0.05) is 29.3 Å². The molecule has 0 fully saturated rings. The quantitative estimate of drug-likeness (QED) is 0.647. The Morgan fingerprint density at radius 1 is 1.19 bits per heavy atom. The SMILES string of the molecule is Cc1cc(-c2cc(Cl)ccc2OCc2c(F)cccc2Cl)c(C#N)c(=O)[nH]1. The average molecular weight is 403 g/mol. The smallest absolute Gasteiger partial charge is 0.266 e. The Labute approximate surface area is 164 Å². The lowest BCUT2D eigenvalue weighted by Crippen LogP contribution is -2.13. The van der Waals surface area contributed by atoms with E-state index in [9.17, 15) is 14.4 Å². The molecule has 0 unspecified atom stereocenters. The van der Waals surface area contributed by atoms with Gasteiger partial charge in [-0.25, -0.2) is 4.39 Å². The number of nitrogens with one attached hydrogen (secondary N) is 1. The third-order valence-electron chi connectivity index (χ3n) is 3.95. The first-order valence-corrected chi connectivity index (χ1v) is 8.66. The molecule has 27 heavy (non-hydrogen) atoms. The van der Waals surface area contributed by atoms with Gasteiger partial charge in [-0.15, -0.1) is 0 Å². The molecule has 1 aromatic heterocycles. The fourth-order valence-electron chi connectivity index (χ4n) is 2.67. The number of benzene rings is 2. The third-order valence-corrected chi connectivity index (χ3v) is 4.53.